The molecule has 3 saturated heterocycles. The van der Waals surface area contributed by atoms with Crippen molar-refractivity contribution in [2.45, 2.75) is 36.7 Å². The van der Waals surface area contributed by atoms with E-state index in [0.717, 1.165) is 63.5 Å². The van der Waals surface area contributed by atoms with Crippen molar-refractivity contribution in [1.29, 1.82) is 0 Å². The molecule has 3 heterocycles. The maximum atomic E-state index is 12.1. The highest BCUT2D eigenvalue weighted by Gasteiger charge is 2.49. The first-order chi connectivity index (χ1) is 12.7. The zero-order valence-electron chi connectivity index (χ0n) is 15.5. The lowest BCUT2D eigenvalue weighted by Gasteiger charge is -2.47. The van der Waals surface area contributed by atoms with Gasteiger partial charge in [0.1, 0.15) is 12.4 Å². The Bertz CT molecular complexity index is 642. The molecule has 3 fully saturated rings. The molecule has 5 nitrogen and oxygen atoms in total. The van der Waals surface area contributed by atoms with Gasteiger partial charge >= 0.3 is 0 Å². The van der Waals surface area contributed by atoms with Crippen molar-refractivity contribution in [3.05, 3.63) is 29.8 Å². The predicted octanol–water partition coefficient (Wildman–Crippen LogP) is 2.39. The Morgan fingerprint density at radius 3 is 2.81 bits per heavy atom. The molecule has 3 aliphatic rings. The molecule has 1 atom stereocenters. The third kappa shape index (κ3) is 3.87. The van der Waals surface area contributed by atoms with E-state index in [4.69, 9.17) is 9.47 Å². The van der Waals surface area contributed by atoms with Crippen molar-refractivity contribution in [2.24, 2.45) is 0 Å². The van der Waals surface area contributed by atoms with E-state index in [1.54, 1.807) is 7.11 Å². The molecule has 0 bridgehead atoms. The van der Waals surface area contributed by atoms with Gasteiger partial charge in [-0.3, -0.25) is 9.69 Å². The molecule has 0 saturated carbocycles. The Morgan fingerprint density at radius 1 is 1.27 bits per heavy atom. The standard InChI is InChI=1S/C20H28N2O3S/c1-24-18-7-3-2-6-16(18)11-21-14-20(15-21)10-17(13-26-20)25-12-19(23)22-8-4-5-9-22/h2-3,6-7,17H,4-5,8-15H2,1H3. The maximum absolute atomic E-state index is 12.1. The summed E-state index contributed by atoms with van der Waals surface area (Å²) < 4.78 is 11.7. The first-order valence-corrected chi connectivity index (χ1v) is 10.5. The minimum atomic E-state index is 0.167. The molecule has 4 rings (SSSR count). The van der Waals surface area contributed by atoms with Gasteiger partial charge in [-0.1, -0.05) is 18.2 Å². The van der Waals surface area contributed by atoms with Crippen LogP contribution in [-0.2, 0) is 16.1 Å². The number of methoxy groups -OCH3 is 1. The largest absolute Gasteiger partial charge is 0.496 e. The minimum Gasteiger partial charge on any atom is -0.496 e. The highest BCUT2D eigenvalue weighted by atomic mass is 32.2. The summed E-state index contributed by atoms with van der Waals surface area (Å²) >= 11 is 2.02. The SMILES string of the molecule is COc1ccccc1CN1CC2(CC(OCC(=O)N3CCCC3)CS2)C1. The fourth-order valence-electron chi connectivity index (χ4n) is 4.33. The van der Waals surface area contributed by atoms with Gasteiger partial charge in [0.05, 0.1) is 13.2 Å². The first kappa shape index (κ1) is 18.1. The number of nitrogens with zero attached hydrogens (tertiary/aromatic N) is 2. The molecule has 1 amide bonds. The van der Waals surface area contributed by atoms with Gasteiger partial charge in [0.25, 0.3) is 0 Å². The van der Waals surface area contributed by atoms with Gasteiger partial charge in [-0.2, -0.15) is 0 Å². The summed E-state index contributed by atoms with van der Waals surface area (Å²) in [5.74, 6) is 2.14. The maximum Gasteiger partial charge on any atom is 0.248 e. The van der Waals surface area contributed by atoms with Gasteiger partial charge in [-0.05, 0) is 25.3 Å². The van der Waals surface area contributed by atoms with Crippen LogP contribution in [0.4, 0.5) is 0 Å². The molecule has 1 spiro atoms. The van der Waals surface area contributed by atoms with Crippen LogP contribution in [0.1, 0.15) is 24.8 Å². The lowest BCUT2D eigenvalue weighted by atomic mass is 9.92. The van der Waals surface area contributed by atoms with Crippen LogP contribution < -0.4 is 4.74 Å². The van der Waals surface area contributed by atoms with E-state index in [-0.39, 0.29) is 18.6 Å². The minimum absolute atomic E-state index is 0.167. The smallest absolute Gasteiger partial charge is 0.248 e. The Morgan fingerprint density at radius 2 is 2.04 bits per heavy atom. The van der Waals surface area contributed by atoms with Gasteiger partial charge in [0, 0.05) is 48.8 Å². The van der Waals surface area contributed by atoms with Crippen LogP contribution >= 0.6 is 11.8 Å². The molecule has 142 valence electrons. The van der Waals surface area contributed by atoms with Crippen molar-refractivity contribution < 1.29 is 14.3 Å². The van der Waals surface area contributed by atoms with Crippen LogP contribution in [0.5, 0.6) is 5.75 Å². The lowest BCUT2D eigenvalue weighted by Crippen LogP contribution is -2.58. The monoisotopic (exact) mass is 376 g/mol. The molecule has 1 aromatic rings. The van der Waals surface area contributed by atoms with Crippen molar-refractivity contribution in [3.63, 3.8) is 0 Å². The molecule has 1 unspecified atom stereocenters. The van der Waals surface area contributed by atoms with Crippen LogP contribution in [0.2, 0.25) is 0 Å². The second-order valence-electron chi connectivity index (χ2n) is 7.68. The summed E-state index contributed by atoms with van der Waals surface area (Å²) in [6.07, 6.45) is 3.56. The Hall–Kier alpha value is -1.24. The molecule has 3 aliphatic heterocycles. The fourth-order valence-corrected chi connectivity index (χ4v) is 5.94. The quantitative estimate of drug-likeness (QED) is 0.763. The van der Waals surface area contributed by atoms with Crippen LogP contribution in [-0.4, -0.2) is 72.2 Å². The Labute approximate surface area is 160 Å². The van der Waals surface area contributed by atoms with Crippen LogP contribution in [0.3, 0.4) is 0 Å². The number of carbonyl (C=O) groups excluding carboxylic acids is 1. The number of hydrogen-bond acceptors (Lipinski definition) is 5. The second-order valence-corrected chi connectivity index (χ2v) is 9.16. The van der Waals surface area contributed by atoms with Crippen molar-refractivity contribution >= 4 is 17.7 Å². The number of amides is 1. The van der Waals surface area contributed by atoms with E-state index in [9.17, 15) is 4.79 Å². The molecular formula is C20H28N2O3S. The molecule has 0 aromatic heterocycles. The zero-order valence-corrected chi connectivity index (χ0v) is 16.3. The second kappa shape index (κ2) is 7.79. The third-order valence-electron chi connectivity index (χ3n) is 5.69. The highest BCUT2D eigenvalue weighted by molar-refractivity contribution is 8.01. The van der Waals surface area contributed by atoms with Gasteiger partial charge in [0.15, 0.2) is 0 Å². The third-order valence-corrected chi connectivity index (χ3v) is 7.26. The number of hydrogen-bond donors (Lipinski definition) is 0. The summed E-state index contributed by atoms with van der Waals surface area (Å²) in [6, 6.07) is 8.25. The molecule has 0 N–H and O–H groups in total. The molecule has 26 heavy (non-hydrogen) atoms. The number of benzene rings is 1. The average Bonchev–Trinajstić information content (AvgIpc) is 3.30. The van der Waals surface area contributed by atoms with Crippen LogP contribution in [0, 0.1) is 0 Å². The van der Waals surface area contributed by atoms with Crippen LogP contribution in [0.15, 0.2) is 24.3 Å². The fraction of sp³-hybridized carbons (Fsp3) is 0.650. The summed E-state index contributed by atoms with van der Waals surface area (Å²) in [5.41, 5.74) is 1.25. The van der Waals surface area contributed by atoms with Gasteiger partial charge in [0.2, 0.25) is 5.91 Å². The van der Waals surface area contributed by atoms with Crippen molar-refractivity contribution in [2.75, 3.05) is 45.6 Å². The number of likely N-dealkylation sites (tertiary alicyclic amines) is 2. The molecular weight excluding hydrogens is 348 g/mol. The number of ether oxygens (including phenoxy) is 2. The van der Waals surface area contributed by atoms with Crippen molar-refractivity contribution in [3.8, 4) is 5.75 Å². The van der Waals surface area contributed by atoms with Gasteiger partial charge in [-0.15, -0.1) is 11.8 Å². The molecule has 1 aromatic carbocycles. The van der Waals surface area contributed by atoms with Crippen molar-refractivity contribution in [1.82, 2.24) is 9.80 Å². The number of rotatable bonds is 6. The number of para-hydroxylation sites is 1. The van der Waals surface area contributed by atoms with Gasteiger partial charge < -0.3 is 14.4 Å². The van der Waals surface area contributed by atoms with E-state index in [2.05, 4.69) is 17.0 Å². The van der Waals surface area contributed by atoms with Crippen LogP contribution in [0.25, 0.3) is 0 Å². The normalized spacial score (nSPS) is 24.8. The summed E-state index contributed by atoms with van der Waals surface area (Å²) in [5, 5.41) is 0. The lowest BCUT2D eigenvalue weighted by molar-refractivity contribution is -0.136. The van der Waals surface area contributed by atoms with Gasteiger partial charge in [-0.25, -0.2) is 0 Å². The number of thioether (sulfide) groups is 1. The zero-order chi connectivity index (χ0) is 18.0. The van der Waals surface area contributed by atoms with E-state index in [0.29, 0.717) is 4.75 Å². The average molecular weight is 377 g/mol. The molecule has 6 heteroatoms. The summed E-state index contributed by atoms with van der Waals surface area (Å²) in [4.78, 5) is 16.6. The van der Waals surface area contributed by atoms with E-state index in [1.807, 2.05) is 28.8 Å². The molecule has 0 radical (unpaired) electrons. The Kier molecular flexibility index (Phi) is 5.43. The first-order valence-electron chi connectivity index (χ1n) is 9.55. The summed E-state index contributed by atoms with van der Waals surface area (Å²) in [7, 11) is 1.73. The van der Waals surface area contributed by atoms with E-state index in [1.165, 1.54) is 5.56 Å². The van der Waals surface area contributed by atoms with E-state index < -0.39 is 0 Å². The van der Waals surface area contributed by atoms with E-state index >= 15 is 0 Å². The highest BCUT2D eigenvalue weighted by Crippen LogP contribution is 2.46. The number of carbonyl (C=O) groups is 1. The predicted molar refractivity (Wildman–Crippen MR) is 104 cm³/mol. The Balaban J connectivity index is 1.22. The summed E-state index contributed by atoms with van der Waals surface area (Å²) in [6.45, 7) is 5.19. The topological polar surface area (TPSA) is 42.0 Å². The molecule has 0 aliphatic carbocycles.